The minimum Gasteiger partial charge on any atom is -0.481 e. The Morgan fingerprint density at radius 1 is 0.616 bits per heavy atom. The molecule has 10 atom stereocenters. The van der Waals surface area contributed by atoms with Crippen molar-refractivity contribution in [2.75, 3.05) is 12.4 Å². The fourth-order valence-corrected chi connectivity index (χ4v) is 6.82. The van der Waals surface area contributed by atoms with Gasteiger partial charge in [0.1, 0.15) is 48.3 Å². The van der Waals surface area contributed by atoms with Crippen LogP contribution < -0.4 is 54.0 Å². The van der Waals surface area contributed by atoms with Gasteiger partial charge in [-0.3, -0.25) is 52.7 Å². The topological polar surface area (TPSA) is 483 Å². The molecule has 402 valence electrons. The number of aliphatic carboxylic acids is 3. The van der Waals surface area contributed by atoms with Gasteiger partial charge in [0.25, 0.3) is 0 Å². The van der Waals surface area contributed by atoms with E-state index in [9.17, 15) is 83.1 Å². The average molecular weight is 1050 g/mol. The minimum absolute atomic E-state index is 0.0749. The maximum Gasteiger partial charge on any atom is 0.326 e. The Morgan fingerprint density at radius 2 is 1.11 bits per heavy atom. The third-order valence-electron chi connectivity index (χ3n) is 10.5. The number of amides is 9. The molecule has 29 nitrogen and oxygen atoms in total. The summed E-state index contributed by atoms with van der Waals surface area (Å²) in [4.78, 5) is 161. The quantitative estimate of drug-likeness (QED) is 0.0303. The monoisotopic (exact) mass is 1050 g/mol. The molecular formula is C43H62N12O17S. The molecular weight excluding hydrogens is 989 g/mol. The second-order valence-electron chi connectivity index (χ2n) is 16.8. The highest BCUT2D eigenvalue weighted by Gasteiger charge is 2.37. The van der Waals surface area contributed by atoms with Crippen molar-refractivity contribution in [2.45, 2.75) is 120 Å². The number of carbonyl (C=O) groups excluding carboxylic acids is 9. The summed E-state index contributed by atoms with van der Waals surface area (Å²) in [5.74, 6) is -16.3. The Hall–Kier alpha value is -7.70. The highest BCUT2D eigenvalue weighted by atomic mass is 32.1. The van der Waals surface area contributed by atoms with E-state index in [0.717, 1.165) is 6.92 Å². The van der Waals surface area contributed by atoms with Gasteiger partial charge in [0.05, 0.1) is 37.9 Å². The molecule has 73 heavy (non-hydrogen) atoms. The fourth-order valence-electron chi connectivity index (χ4n) is 6.56. The van der Waals surface area contributed by atoms with Crippen molar-refractivity contribution in [3.8, 4) is 0 Å². The third kappa shape index (κ3) is 21.3. The zero-order chi connectivity index (χ0) is 55.1. The van der Waals surface area contributed by atoms with Crippen LogP contribution in [-0.2, 0) is 70.4 Å². The predicted octanol–water partition coefficient (Wildman–Crippen LogP) is -6.34. The van der Waals surface area contributed by atoms with Gasteiger partial charge in [-0.15, -0.1) is 0 Å². The smallest absolute Gasteiger partial charge is 0.326 e. The molecule has 30 heteroatoms. The maximum atomic E-state index is 13.6. The van der Waals surface area contributed by atoms with Crippen LogP contribution in [-0.4, -0.2) is 179 Å². The van der Waals surface area contributed by atoms with E-state index in [2.05, 4.69) is 54.5 Å². The first-order chi connectivity index (χ1) is 34.3. The summed E-state index contributed by atoms with van der Waals surface area (Å²) in [5, 5.41) is 66.7. The van der Waals surface area contributed by atoms with Crippen LogP contribution >= 0.6 is 12.6 Å². The molecule has 0 fully saturated rings. The van der Waals surface area contributed by atoms with Crippen molar-refractivity contribution in [3.05, 3.63) is 54.1 Å². The number of hydrogen-bond donors (Lipinski definition) is 17. The first kappa shape index (κ1) is 61.4. The number of aromatic amines is 1. The summed E-state index contributed by atoms with van der Waals surface area (Å²) in [7, 11) is 0. The molecule has 0 saturated heterocycles. The number of primary amides is 1. The van der Waals surface area contributed by atoms with Gasteiger partial charge in [0.2, 0.25) is 53.2 Å². The Kier molecular flexibility index (Phi) is 25.4. The number of nitrogens with two attached hydrogens (primary N) is 2. The molecule has 1 heterocycles. The van der Waals surface area contributed by atoms with E-state index in [4.69, 9.17) is 11.5 Å². The Morgan fingerprint density at radius 3 is 1.60 bits per heavy atom. The molecule has 0 radical (unpaired) electrons. The number of hydrogen-bond acceptors (Lipinski definition) is 17. The largest absolute Gasteiger partial charge is 0.481 e. The normalized spacial score (nSPS) is 15.1. The minimum atomic E-state index is -2.09. The van der Waals surface area contributed by atoms with Gasteiger partial charge in [-0.25, -0.2) is 9.78 Å². The molecule has 0 bridgehead atoms. The zero-order valence-corrected chi connectivity index (χ0v) is 40.6. The molecule has 0 aliphatic heterocycles. The van der Waals surface area contributed by atoms with Crippen molar-refractivity contribution in [3.63, 3.8) is 0 Å². The van der Waals surface area contributed by atoms with Crippen LogP contribution in [0, 0.1) is 5.92 Å². The summed E-state index contributed by atoms with van der Waals surface area (Å²) < 4.78 is 0. The first-order valence-corrected chi connectivity index (χ1v) is 23.0. The van der Waals surface area contributed by atoms with E-state index in [1.807, 2.05) is 10.6 Å². The second kappa shape index (κ2) is 30.2. The van der Waals surface area contributed by atoms with E-state index < -0.39 is 176 Å². The van der Waals surface area contributed by atoms with Crippen LogP contribution in [0.4, 0.5) is 0 Å². The number of imidazole rings is 1. The molecule has 1 aromatic heterocycles. The van der Waals surface area contributed by atoms with Crippen LogP contribution in [0.15, 0.2) is 42.9 Å². The number of aliphatic hydroxyl groups excluding tert-OH is 2. The van der Waals surface area contributed by atoms with Gasteiger partial charge in [0, 0.05) is 36.9 Å². The Labute approximate surface area is 421 Å². The number of H-pyrrole nitrogens is 1. The molecule has 9 amide bonds. The zero-order valence-electron chi connectivity index (χ0n) is 39.7. The summed E-state index contributed by atoms with van der Waals surface area (Å²) >= 11 is 4.05. The molecule has 0 aliphatic carbocycles. The number of nitrogens with zero attached hydrogens (tertiary/aromatic N) is 1. The van der Waals surface area contributed by atoms with E-state index >= 15 is 0 Å². The lowest BCUT2D eigenvalue weighted by atomic mass is 10.0. The predicted molar refractivity (Wildman–Crippen MR) is 254 cm³/mol. The second-order valence-corrected chi connectivity index (χ2v) is 17.2. The highest BCUT2D eigenvalue weighted by Crippen LogP contribution is 2.10. The summed E-state index contributed by atoms with van der Waals surface area (Å²) in [6, 6.07) is -7.15. The Bertz CT molecular complexity index is 2270. The van der Waals surface area contributed by atoms with Crippen LogP contribution in [0.5, 0.6) is 0 Å². The van der Waals surface area contributed by atoms with Crippen LogP contribution in [0.2, 0.25) is 0 Å². The van der Waals surface area contributed by atoms with Crippen LogP contribution in [0.25, 0.3) is 0 Å². The first-order valence-electron chi connectivity index (χ1n) is 22.3. The van der Waals surface area contributed by atoms with E-state index in [-0.39, 0.29) is 12.8 Å². The highest BCUT2D eigenvalue weighted by molar-refractivity contribution is 7.80. The molecule has 0 unspecified atom stereocenters. The number of carboxylic acids is 3. The molecule has 18 N–H and O–H groups in total. The van der Waals surface area contributed by atoms with Crippen molar-refractivity contribution in [2.24, 2.45) is 17.4 Å². The standard InChI is InChI=1S/C43H62N12O17S/c1-19(2)33(43(71)72)54-39(67)25(11-21-7-5-4-6-8-21)51-42(70)34(20(3)57)55-41(69)29(17-73)53-38(66)27(14-32(61)62)50-37(65)26(13-30(45)58)49-40(68)28(16-56)52-36(64)24(9-10-31(59)60)48-35(63)23(44)12-22-15-46-18-47-22/h4-8,15,18-20,23-29,33-34,56-57,73H,9-14,16-17,44H2,1-3H3,(H2,45,58)(H,46,47)(H,48,63)(H,49,68)(H,50,65)(H,51,70)(H,52,64)(H,53,66)(H,54,67)(H,55,69)(H,59,60)(H,61,62)(H,71,72)/t20-,23+,24+,25+,26+,27+,28+,29+,33+,34+/m1/s1. The van der Waals surface area contributed by atoms with Crippen molar-refractivity contribution < 1.29 is 83.1 Å². The number of aromatic nitrogens is 2. The third-order valence-corrected chi connectivity index (χ3v) is 10.9. The van der Waals surface area contributed by atoms with Gasteiger partial charge in [0.15, 0.2) is 0 Å². The van der Waals surface area contributed by atoms with Crippen molar-refractivity contribution in [1.29, 1.82) is 0 Å². The van der Waals surface area contributed by atoms with Crippen LogP contribution in [0.3, 0.4) is 0 Å². The SMILES string of the molecule is CC(C)[C@H](NC(=O)[C@H](Cc1ccccc1)NC(=O)[C@@H](NC(=O)[C@H](CS)NC(=O)[C@H](CC(=O)O)NC(=O)[C@H](CC(N)=O)NC(=O)[C@H](CO)NC(=O)[C@H](CCC(=O)O)NC(=O)[C@@H](N)Cc1cnc[nH]1)[C@@H](C)O)C(=O)O. The molecule has 2 aromatic rings. The van der Waals surface area contributed by atoms with Gasteiger partial charge < -0.3 is 84.5 Å². The van der Waals surface area contributed by atoms with Crippen molar-refractivity contribution in [1.82, 2.24) is 52.5 Å². The Balaban J connectivity index is 2.27. The number of aliphatic hydroxyl groups is 2. The summed E-state index contributed by atoms with van der Waals surface area (Å²) in [5.41, 5.74) is 12.2. The lowest BCUT2D eigenvalue weighted by Crippen LogP contribution is -2.62. The van der Waals surface area contributed by atoms with Crippen LogP contribution in [0.1, 0.15) is 57.7 Å². The molecule has 2 rings (SSSR count). The number of benzene rings is 1. The molecule has 0 saturated carbocycles. The number of thiol groups is 1. The van der Waals surface area contributed by atoms with Gasteiger partial charge >= 0.3 is 17.9 Å². The number of carboxylic acid groups (broad SMARTS) is 3. The van der Waals surface area contributed by atoms with Gasteiger partial charge in [-0.05, 0) is 24.8 Å². The van der Waals surface area contributed by atoms with Crippen molar-refractivity contribution >= 4 is 83.7 Å². The lowest BCUT2D eigenvalue weighted by Gasteiger charge is -2.28. The number of nitrogens with one attached hydrogen (secondary N) is 9. The molecule has 1 aromatic carbocycles. The fraction of sp³-hybridized carbons (Fsp3) is 0.512. The summed E-state index contributed by atoms with van der Waals surface area (Å²) in [6.07, 6.45) is -2.62. The lowest BCUT2D eigenvalue weighted by molar-refractivity contribution is -0.144. The van der Waals surface area contributed by atoms with Gasteiger partial charge in [-0.2, -0.15) is 12.6 Å². The average Bonchev–Trinajstić information content (AvgIpc) is 3.83. The number of rotatable bonds is 32. The maximum absolute atomic E-state index is 13.6. The molecule has 0 aliphatic rings. The van der Waals surface area contributed by atoms with Gasteiger partial charge in [-0.1, -0.05) is 44.2 Å². The summed E-state index contributed by atoms with van der Waals surface area (Å²) in [6.45, 7) is 2.99. The molecule has 0 spiro atoms. The number of carbonyl (C=O) groups is 12. The van der Waals surface area contributed by atoms with E-state index in [1.165, 1.54) is 12.5 Å². The van der Waals surface area contributed by atoms with E-state index in [0.29, 0.717) is 11.3 Å². The van der Waals surface area contributed by atoms with E-state index in [1.54, 1.807) is 44.2 Å².